The van der Waals surface area contributed by atoms with Crippen LogP contribution in [0.1, 0.15) is 43.8 Å². The fourth-order valence-electron chi connectivity index (χ4n) is 2.04. The second-order valence-electron chi connectivity index (χ2n) is 4.50. The summed E-state index contributed by atoms with van der Waals surface area (Å²) in [4.78, 5) is 0. The first-order chi connectivity index (χ1) is 7.41. The monoisotopic (exact) mass is 246 g/mol. The maximum atomic E-state index is 13.4. The lowest BCUT2D eigenvalue weighted by molar-refractivity contribution is 0.0113. The van der Waals surface area contributed by atoms with Crippen molar-refractivity contribution < 1.29 is 8.78 Å². The number of thioether (sulfide) groups is 1. The lowest BCUT2D eigenvalue weighted by Gasteiger charge is -2.16. The van der Waals surface area contributed by atoms with Gasteiger partial charge in [0, 0.05) is 30.0 Å². The van der Waals surface area contributed by atoms with Gasteiger partial charge in [-0.25, -0.2) is 0 Å². The molecule has 0 unspecified atom stereocenters. The highest BCUT2D eigenvalue weighted by Gasteiger charge is 2.35. The molecule has 0 aliphatic carbocycles. The number of nitrogens with zero attached hydrogens (tertiary/aromatic N) is 2. The van der Waals surface area contributed by atoms with Crippen molar-refractivity contribution in [1.82, 2.24) is 9.78 Å². The van der Waals surface area contributed by atoms with Crippen molar-refractivity contribution in [2.45, 2.75) is 44.9 Å². The highest BCUT2D eigenvalue weighted by Crippen LogP contribution is 2.36. The van der Waals surface area contributed by atoms with Gasteiger partial charge >= 0.3 is 0 Å². The van der Waals surface area contributed by atoms with Crippen LogP contribution in [0.4, 0.5) is 8.78 Å². The molecule has 0 atom stereocenters. The fraction of sp³-hybridized carbons (Fsp3) is 0.727. The first-order valence-electron chi connectivity index (χ1n) is 5.47. The minimum atomic E-state index is -2.83. The van der Waals surface area contributed by atoms with Gasteiger partial charge in [-0.05, 0) is 26.0 Å². The van der Waals surface area contributed by atoms with E-state index in [1.807, 2.05) is 13.8 Å². The van der Waals surface area contributed by atoms with E-state index >= 15 is 0 Å². The number of halogens is 2. The van der Waals surface area contributed by atoms with Crippen LogP contribution in [0.15, 0.2) is 0 Å². The van der Waals surface area contributed by atoms with Crippen LogP contribution in [-0.2, 0) is 18.1 Å². The molecule has 2 nitrogen and oxygen atoms in total. The van der Waals surface area contributed by atoms with Crippen LogP contribution in [0.2, 0.25) is 0 Å². The molecule has 0 radical (unpaired) electrons. The third kappa shape index (κ3) is 1.97. The Morgan fingerprint density at radius 3 is 2.69 bits per heavy atom. The molecule has 1 aromatic heterocycles. The Morgan fingerprint density at radius 1 is 1.44 bits per heavy atom. The van der Waals surface area contributed by atoms with E-state index in [2.05, 4.69) is 5.10 Å². The first kappa shape index (κ1) is 11.9. The lowest BCUT2D eigenvalue weighted by atomic mass is 10.1. The Hall–Kier alpha value is -0.580. The van der Waals surface area contributed by atoms with Crippen molar-refractivity contribution in [3.8, 4) is 0 Å². The molecule has 2 rings (SSSR count). The van der Waals surface area contributed by atoms with Crippen LogP contribution in [0.3, 0.4) is 0 Å². The van der Waals surface area contributed by atoms with E-state index in [9.17, 15) is 8.78 Å². The summed E-state index contributed by atoms with van der Waals surface area (Å²) in [5.41, 5.74) is 1.74. The zero-order valence-electron chi connectivity index (χ0n) is 9.76. The standard InChI is InChI=1S/C11H16F2N2S/c1-7(2)15-9-4-5-16-6-8(9)10(14-15)11(3,12)13/h7H,4-6H2,1-3H3. The fourth-order valence-corrected chi connectivity index (χ4v) is 3.03. The number of hydrogen-bond donors (Lipinski definition) is 0. The molecular formula is C11H16F2N2S. The van der Waals surface area contributed by atoms with Gasteiger partial charge in [-0.15, -0.1) is 0 Å². The van der Waals surface area contributed by atoms with Crippen LogP contribution < -0.4 is 0 Å². The molecule has 0 spiro atoms. The molecule has 0 bridgehead atoms. The summed E-state index contributed by atoms with van der Waals surface area (Å²) in [5, 5.41) is 4.12. The summed E-state index contributed by atoms with van der Waals surface area (Å²) in [6.07, 6.45) is 0.848. The Labute approximate surface area is 98.4 Å². The first-order valence-corrected chi connectivity index (χ1v) is 6.63. The molecule has 0 saturated heterocycles. The summed E-state index contributed by atoms with van der Waals surface area (Å²) >= 11 is 1.71. The summed E-state index contributed by atoms with van der Waals surface area (Å²) in [5.74, 6) is -1.16. The molecule has 0 N–H and O–H groups in total. The second-order valence-corrected chi connectivity index (χ2v) is 5.61. The highest BCUT2D eigenvalue weighted by molar-refractivity contribution is 7.98. The quantitative estimate of drug-likeness (QED) is 0.796. The number of alkyl halides is 2. The Morgan fingerprint density at radius 2 is 2.12 bits per heavy atom. The van der Waals surface area contributed by atoms with Crippen LogP contribution >= 0.6 is 11.8 Å². The van der Waals surface area contributed by atoms with Crippen molar-refractivity contribution in [1.29, 1.82) is 0 Å². The van der Waals surface area contributed by atoms with Gasteiger partial charge in [-0.3, -0.25) is 4.68 Å². The van der Waals surface area contributed by atoms with Crippen LogP contribution in [0.5, 0.6) is 0 Å². The molecule has 5 heteroatoms. The molecule has 90 valence electrons. The summed E-state index contributed by atoms with van der Waals surface area (Å²) in [6.45, 7) is 4.89. The molecule has 1 aromatic rings. The van der Waals surface area contributed by atoms with E-state index in [1.54, 1.807) is 16.4 Å². The van der Waals surface area contributed by atoms with Crippen LogP contribution in [0, 0.1) is 0 Å². The molecule has 0 amide bonds. The maximum Gasteiger partial charge on any atom is 0.289 e. The van der Waals surface area contributed by atoms with E-state index in [1.165, 1.54) is 0 Å². The zero-order chi connectivity index (χ0) is 11.9. The summed E-state index contributed by atoms with van der Waals surface area (Å²) < 4.78 is 28.6. The molecule has 1 aliphatic rings. The van der Waals surface area contributed by atoms with Crippen molar-refractivity contribution in [2.75, 3.05) is 5.75 Å². The Bertz CT molecular complexity index is 393. The van der Waals surface area contributed by atoms with E-state index < -0.39 is 5.92 Å². The molecule has 2 heterocycles. The maximum absolute atomic E-state index is 13.4. The number of rotatable bonds is 2. The number of hydrogen-bond acceptors (Lipinski definition) is 2. The molecule has 16 heavy (non-hydrogen) atoms. The Balaban J connectivity index is 2.55. The SMILES string of the molecule is CC(C)n1nc(C(C)(F)F)c2c1CCSC2. The molecule has 0 saturated carbocycles. The van der Waals surface area contributed by atoms with Gasteiger partial charge in [0.1, 0.15) is 5.69 Å². The van der Waals surface area contributed by atoms with Gasteiger partial charge in [0.05, 0.1) is 0 Å². The van der Waals surface area contributed by atoms with Gasteiger partial charge in [0.15, 0.2) is 0 Å². The second kappa shape index (κ2) is 4.02. The molecule has 0 aromatic carbocycles. The molecule has 1 aliphatic heterocycles. The van der Waals surface area contributed by atoms with Crippen LogP contribution in [-0.4, -0.2) is 15.5 Å². The van der Waals surface area contributed by atoms with Crippen molar-refractivity contribution in [3.05, 3.63) is 17.0 Å². The predicted molar refractivity (Wildman–Crippen MR) is 62.0 cm³/mol. The minimum absolute atomic E-state index is 0.0246. The largest absolute Gasteiger partial charge is 0.289 e. The molecule has 0 fully saturated rings. The van der Waals surface area contributed by atoms with Gasteiger partial charge in [0.25, 0.3) is 5.92 Å². The van der Waals surface area contributed by atoms with Crippen molar-refractivity contribution in [3.63, 3.8) is 0 Å². The van der Waals surface area contributed by atoms with Crippen molar-refractivity contribution >= 4 is 11.8 Å². The van der Waals surface area contributed by atoms with Gasteiger partial charge in [-0.2, -0.15) is 25.6 Å². The average molecular weight is 246 g/mol. The normalized spacial score (nSPS) is 16.6. The summed E-state index contributed by atoms with van der Waals surface area (Å²) in [7, 11) is 0. The molecular weight excluding hydrogens is 230 g/mol. The third-order valence-corrected chi connectivity index (χ3v) is 3.74. The lowest BCUT2D eigenvalue weighted by Crippen LogP contribution is -2.12. The van der Waals surface area contributed by atoms with Gasteiger partial charge < -0.3 is 0 Å². The minimum Gasteiger partial charge on any atom is -0.266 e. The third-order valence-electron chi connectivity index (χ3n) is 2.75. The average Bonchev–Trinajstić information content (AvgIpc) is 2.56. The van der Waals surface area contributed by atoms with E-state index in [0.717, 1.165) is 30.4 Å². The van der Waals surface area contributed by atoms with Crippen molar-refractivity contribution in [2.24, 2.45) is 0 Å². The number of fused-ring (bicyclic) bond motifs is 1. The highest BCUT2D eigenvalue weighted by atomic mass is 32.2. The smallest absolute Gasteiger partial charge is 0.266 e. The summed E-state index contributed by atoms with van der Waals surface area (Å²) in [6, 6.07) is 0.146. The van der Waals surface area contributed by atoms with E-state index in [-0.39, 0.29) is 11.7 Å². The van der Waals surface area contributed by atoms with Gasteiger partial charge in [-0.1, -0.05) is 0 Å². The predicted octanol–water partition coefficient (Wildman–Crippen LogP) is 3.37. The van der Waals surface area contributed by atoms with Crippen LogP contribution in [0.25, 0.3) is 0 Å². The van der Waals surface area contributed by atoms with E-state index in [0.29, 0.717) is 5.75 Å². The Kier molecular flexibility index (Phi) is 2.99. The van der Waals surface area contributed by atoms with E-state index in [4.69, 9.17) is 0 Å². The van der Waals surface area contributed by atoms with Gasteiger partial charge in [0.2, 0.25) is 0 Å². The topological polar surface area (TPSA) is 17.8 Å². The number of aromatic nitrogens is 2. The zero-order valence-corrected chi connectivity index (χ0v) is 10.6.